The normalized spacial score (nSPS) is 14.3. The lowest BCUT2D eigenvalue weighted by atomic mass is 9.75. The van der Waals surface area contributed by atoms with Crippen LogP contribution in [0, 0.1) is 6.92 Å². The van der Waals surface area contributed by atoms with Crippen molar-refractivity contribution in [3.05, 3.63) is 68.1 Å². The fourth-order valence-electron chi connectivity index (χ4n) is 3.61. The second kappa shape index (κ2) is 9.13. The maximum Gasteiger partial charge on any atom is 0.419 e. The summed E-state index contributed by atoms with van der Waals surface area (Å²) in [5.74, 6) is 0. The van der Waals surface area contributed by atoms with Crippen LogP contribution in [0.5, 0.6) is 0 Å². The standard InChI is InChI=1S/C22H21Cl2F3N2O4/c1-12-16-9-14(5-6-15(16)19(30)33-28-12)29-32-11-21(31,22(25,26)27)10-20(2,3)17-8-13(23)4-7-18(17)24/h4-9,29,31H,10-11H2,1-3H3. The fourth-order valence-corrected chi connectivity index (χ4v) is 4.15. The molecule has 3 aromatic rings. The molecule has 0 radical (unpaired) electrons. The molecule has 0 aliphatic carbocycles. The van der Waals surface area contributed by atoms with Crippen LogP contribution in [0.3, 0.4) is 0 Å². The summed E-state index contributed by atoms with van der Waals surface area (Å²) in [5.41, 5.74) is -1.61. The Hall–Kier alpha value is -2.33. The van der Waals surface area contributed by atoms with Gasteiger partial charge in [-0.15, -0.1) is 0 Å². The molecule has 0 saturated heterocycles. The van der Waals surface area contributed by atoms with E-state index in [9.17, 15) is 23.1 Å². The molecule has 1 atom stereocenters. The van der Waals surface area contributed by atoms with Crippen molar-refractivity contribution < 1.29 is 27.6 Å². The molecule has 3 rings (SSSR count). The highest BCUT2D eigenvalue weighted by Crippen LogP contribution is 2.43. The third-order valence-electron chi connectivity index (χ3n) is 5.32. The molecule has 1 aromatic heterocycles. The zero-order valence-corrected chi connectivity index (χ0v) is 19.4. The molecule has 0 saturated carbocycles. The lowest BCUT2D eigenvalue weighted by Gasteiger charge is -2.37. The average Bonchev–Trinajstić information content (AvgIpc) is 2.71. The first-order chi connectivity index (χ1) is 15.2. The van der Waals surface area contributed by atoms with Gasteiger partial charge in [-0.25, -0.2) is 4.79 Å². The van der Waals surface area contributed by atoms with Crippen LogP contribution in [0.25, 0.3) is 10.8 Å². The molecular weight excluding hydrogens is 484 g/mol. The SMILES string of the molecule is Cc1noc(=O)c2ccc(NOCC(O)(CC(C)(C)c3cc(Cl)ccc3Cl)C(F)(F)F)cc12. The average molecular weight is 505 g/mol. The van der Waals surface area contributed by atoms with E-state index in [4.69, 9.17) is 28.0 Å². The molecule has 178 valence electrons. The molecule has 0 aliphatic rings. The van der Waals surface area contributed by atoms with Gasteiger partial charge in [0.05, 0.1) is 16.8 Å². The van der Waals surface area contributed by atoms with Crippen LogP contribution < -0.4 is 11.1 Å². The molecule has 1 unspecified atom stereocenters. The topological polar surface area (TPSA) is 84.6 Å². The van der Waals surface area contributed by atoms with Gasteiger partial charge in [0.25, 0.3) is 0 Å². The Balaban J connectivity index is 1.81. The summed E-state index contributed by atoms with van der Waals surface area (Å²) in [7, 11) is 0. The molecule has 11 heteroatoms. The van der Waals surface area contributed by atoms with Gasteiger partial charge in [-0.2, -0.15) is 13.2 Å². The first-order valence-corrected chi connectivity index (χ1v) is 10.5. The van der Waals surface area contributed by atoms with E-state index in [1.165, 1.54) is 50.2 Å². The van der Waals surface area contributed by atoms with Crippen molar-refractivity contribution in [3.8, 4) is 0 Å². The van der Waals surface area contributed by atoms with Gasteiger partial charge in [-0.3, -0.25) is 10.3 Å². The number of aliphatic hydroxyl groups is 1. The van der Waals surface area contributed by atoms with Gasteiger partial charge in [0, 0.05) is 15.4 Å². The molecule has 0 spiro atoms. The van der Waals surface area contributed by atoms with E-state index in [0.29, 0.717) is 21.7 Å². The minimum absolute atomic E-state index is 0.234. The molecule has 6 nitrogen and oxygen atoms in total. The molecule has 0 fully saturated rings. The Bertz CT molecular complexity index is 1230. The second-order valence-corrected chi connectivity index (χ2v) is 9.26. The fraction of sp³-hybridized carbons (Fsp3) is 0.364. The second-order valence-electron chi connectivity index (χ2n) is 8.42. The largest absolute Gasteiger partial charge is 0.419 e. The number of nitrogens with one attached hydrogen (secondary N) is 1. The van der Waals surface area contributed by atoms with E-state index in [-0.39, 0.29) is 16.1 Å². The number of hydrogen-bond acceptors (Lipinski definition) is 6. The summed E-state index contributed by atoms with van der Waals surface area (Å²) in [4.78, 5) is 16.8. The summed E-state index contributed by atoms with van der Waals surface area (Å²) in [6.07, 6.45) is -5.74. The van der Waals surface area contributed by atoms with Gasteiger partial charge in [-0.05, 0) is 60.7 Å². The van der Waals surface area contributed by atoms with Crippen molar-refractivity contribution in [3.63, 3.8) is 0 Å². The number of halogens is 5. The number of rotatable bonds is 7. The Morgan fingerprint density at radius 2 is 1.82 bits per heavy atom. The van der Waals surface area contributed by atoms with Crippen molar-refractivity contribution >= 4 is 39.7 Å². The Morgan fingerprint density at radius 1 is 1.12 bits per heavy atom. The lowest BCUT2D eigenvalue weighted by molar-refractivity contribution is -0.279. The molecule has 0 aliphatic heterocycles. The van der Waals surface area contributed by atoms with Crippen LogP contribution in [-0.4, -0.2) is 28.6 Å². The van der Waals surface area contributed by atoms with Crippen molar-refractivity contribution in [1.29, 1.82) is 0 Å². The highest BCUT2D eigenvalue weighted by atomic mass is 35.5. The van der Waals surface area contributed by atoms with Crippen LogP contribution in [0.4, 0.5) is 18.9 Å². The van der Waals surface area contributed by atoms with Gasteiger partial charge in [-0.1, -0.05) is 42.2 Å². The molecular formula is C22H21Cl2F3N2O4. The van der Waals surface area contributed by atoms with E-state index < -0.39 is 35.8 Å². The number of aromatic nitrogens is 1. The van der Waals surface area contributed by atoms with E-state index >= 15 is 0 Å². The van der Waals surface area contributed by atoms with Crippen LogP contribution in [0.1, 0.15) is 31.5 Å². The summed E-state index contributed by atoms with van der Waals surface area (Å²) in [5, 5.41) is 15.5. The predicted molar refractivity (Wildman–Crippen MR) is 120 cm³/mol. The van der Waals surface area contributed by atoms with Crippen molar-refractivity contribution in [1.82, 2.24) is 5.16 Å². The first-order valence-electron chi connectivity index (χ1n) is 9.76. The summed E-state index contributed by atoms with van der Waals surface area (Å²) >= 11 is 12.2. The number of fused-ring (bicyclic) bond motifs is 1. The van der Waals surface area contributed by atoms with E-state index in [1.807, 2.05) is 0 Å². The molecule has 33 heavy (non-hydrogen) atoms. The van der Waals surface area contributed by atoms with Crippen molar-refractivity contribution in [2.24, 2.45) is 0 Å². The minimum Gasteiger partial charge on any atom is -0.379 e. The monoisotopic (exact) mass is 504 g/mol. The van der Waals surface area contributed by atoms with Gasteiger partial charge >= 0.3 is 11.8 Å². The van der Waals surface area contributed by atoms with Crippen molar-refractivity contribution in [2.75, 3.05) is 12.1 Å². The number of aryl methyl sites for hydroxylation is 1. The first kappa shape index (κ1) is 25.3. The van der Waals surface area contributed by atoms with E-state index in [1.54, 1.807) is 6.92 Å². The number of alkyl halides is 3. The van der Waals surface area contributed by atoms with Crippen molar-refractivity contribution in [2.45, 2.75) is 44.4 Å². The van der Waals surface area contributed by atoms with E-state index in [0.717, 1.165) is 0 Å². The van der Waals surface area contributed by atoms with Gasteiger partial charge in [0.1, 0.15) is 6.61 Å². The predicted octanol–water partition coefficient (Wildman–Crippen LogP) is 5.81. The lowest BCUT2D eigenvalue weighted by Crippen LogP contribution is -2.53. The summed E-state index contributed by atoms with van der Waals surface area (Å²) < 4.78 is 46.3. The van der Waals surface area contributed by atoms with Crippen LogP contribution in [-0.2, 0) is 10.3 Å². The zero-order valence-electron chi connectivity index (χ0n) is 17.9. The number of nitrogens with zero attached hydrogens (tertiary/aromatic N) is 1. The minimum atomic E-state index is -5.00. The third-order valence-corrected chi connectivity index (χ3v) is 5.88. The molecule has 0 amide bonds. The van der Waals surface area contributed by atoms with Crippen LogP contribution in [0.2, 0.25) is 10.0 Å². The van der Waals surface area contributed by atoms with E-state index in [2.05, 4.69) is 15.2 Å². The van der Waals surface area contributed by atoms with Gasteiger partial charge in [0.15, 0.2) is 5.60 Å². The van der Waals surface area contributed by atoms with Gasteiger partial charge in [0.2, 0.25) is 0 Å². The Labute approximate surface area is 197 Å². The molecule has 1 heterocycles. The Kier molecular flexibility index (Phi) is 7.00. The zero-order chi connectivity index (χ0) is 24.6. The molecule has 2 N–H and O–H groups in total. The number of anilines is 1. The summed E-state index contributed by atoms with van der Waals surface area (Å²) in [6.45, 7) is 3.56. The third kappa shape index (κ3) is 5.43. The molecule has 0 bridgehead atoms. The van der Waals surface area contributed by atoms with Gasteiger partial charge < -0.3 is 9.63 Å². The molecule has 2 aromatic carbocycles. The maximum atomic E-state index is 13.9. The van der Waals surface area contributed by atoms with Crippen LogP contribution >= 0.6 is 23.2 Å². The van der Waals surface area contributed by atoms with Crippen LogP contribution in [0.15, 0.2) is 45.7 Å². The quantitative estimate of drug-likeness (QED) is 0.395. The maximum absolute atomic E-state index is 13.9. The smallest absolute Gasteiger partial charge is 0.379 e. The number of hydrogen-bond donors (Lipinski definition) is 2. The highest BCUT2D eigenvalue weighted by molar-refractivity contribution is 6.33. The number of benzene rings is 2. The summed E-state index contributed by atoms with van der Waals surface area (Å²) in [6, 6.07) is 8.83. The Morgan fingerprint density at radius 3 is 2.48 bits per heavy atom. The highest BCUT2D eigenvalue weighted by Gasteiger charge is 2.56.